The van der Waals surface area contributed by atoms with Crippen LogP contribution in [0.15, 0.2) is 22.7 Å². The largest absolute Gasteiger partial charge is 0.444 e. The number of halogens is 2. The second-order valence-corrected chi connectivity index (χ2v) is 8.92. The molecule has 0 saturated carbocycles. The maximum Gasteiger partial charge on any atom is 0.410 e. The van der Waals surface area contributed by atoms with Crippen molar-refractivity contribution < 1.29 is 14.3 Å². The van der Waals surface area contributed by atoms with Crippen molar-refractivity contribution in [3.05, 3.63) is 33.3 Å². The first-order valence-electron chi connectivity index (χ1n) is 8.78. The van der Waals surface area contributed by atoms with Crippen molar-refractivity contribution in [2.24, 2.45) is 0 Å². The van der Waals surface area contributed by atoms with Crippen LogP contribution in [-0.2, 0) is 16.0 Å². The predicted molar refractivity (Wildman–Crippen MR) is 106 cm³/mol. The van der Waals surface area contributed by atoms with Crippen LogP contribution >= 0.6 is 27.5 Å². The van der Waals surface area contributed by atoms with Crippen molar-refractivity contribution in [3.63, 3.8) is 0 Å². The predicted octanol–water partition coefficient (Wildman–Crippen LogP) is 4.50. The third-order valence-electron chi connectivity index (χ3n) is 4.23. The quantitative estimate of drug-likeness (QED) is 0.688. The highest BCUT2D eigenvalue weighted by atomic mass is 79.9. The van der Waals surface area contributed by atoms with E-state index in [-0.39, 0.29) is 18.0 Å². The average molecular weight is 446 g/mol. The molecule has 0 spiro atoms. The number of rotatable bonds is 3. The Bertz CT molecular complexity index is 675. The summed E-state index contributed by atoms with van der Waals surface area (Å²) in [5.74, 6) is 0.0830. The summed E-state index contributed by atoms with van der Waals surface area (Å²) in [5.41, 5.74) is 0.442. The fourth-order valence-electron chi connectivity index (χ4n) is 2.90. The first-order chi connectivity index (χ1) is 12.1. The van der Waals surface area contributed by atoms with Crippen molar-refractivity contribution in [2.75, 3.05) is 19.6 Å². The lowest BCUT2D eigenvalue weighted by Crippen LogP contribution is -2.56. The number of hydrogen-bond acceptors (Lipinski definition) is 3. The SMILES string of the molecule is CC1CN(C(=O)CCc2ccc(Br)cc2Cl)CCN1C(=O)OC(C)(C)C. The highest BCUT2D eigenvalue weighted by Gasteiger charge is 2.32. The van der Waals surface area contributed by atoms with Crippen molar-refractivity contribution in [3.8, 4) is 0 Å². The van der Waals surface area contributed by atoms with Crippen LogP contribution in [0.25, 0.3) is 0 Å². The van der Waals surface area contributed by atoms with E-state index in [0.29, 0.717) is 37.5 Å². The Hall–Kier alpha value is -1.27. The molecule has 0 bridgehead atoms. The Morgan fingerprint density at radius 1 is 1.31 bits per heavy atom. The monoisotopic (exact) mass is 444 g/mol. The molecule has 0 radical (unpaired) electrons. The Morgan fingerprint density at radius 2 is 2.00 bits per heavy atom. The van der Waals surface area contributed by atoms with Crippen LogP contribution in [0.3, 0.4) is 0 Å². The van der Waals surface area contributed by atoms with Gasteiger partial charge < -0.3 is 14.5 Å². The van der Waals surface area contributed by atoms with E-state index in [1.807, 2.05) is 50.8 Å². The van der Waals surface area contributed by atoms with E-state index in [1.54, 1.807) is 4.90 Å². The lowest BCUT2D eigenvalue weighted by atomic mass is 10.1. The second-order valence-electron chi connectivity index (χ2n) is 7.60. The zero-order valence-corrected chi connectivity index (χ0v) is 18.1. The van der Waals surface area contributed by atoms with Gasteiger partial charge in [0.15, 0.2) is 0 Å². The second kappa shape index (κ2) is 8.61. The molecule has 0 N–H and O–H groups in total. The maximum atomic E-state index is 12.5. The fourth-order valence-corrected chi connectivity index (χ4v) is 3.67. The van der Waals surface area contributed by atoms with Crippen molar-refractivity contribution >= 4 is 39.5 Å². The number of aryl methyl sites for hydroxylation is 1. The minimum atomic E-state index is -0.520. The summed E-state index contributed by atoms with van der Waals surface area (Å²) in [5, 5.41) is 0.662. The van der Waals surface area contributed by atoms with E-state index in [0.717, 1.165) is 10.0 Å². The van der Waals surface area contributed by atoms with Gasteiger partial charge in [0.2, 0.25) is 5.91 Å². The Labute approximate surface area is 168 Å². The number of amides is 2. The van der Waals surface area contributed by atoms with E-state index in [1.165, 1.54) is 0 Å². The van der Waals surface area contributed by atoms with Gasteiger partial charge in [-0.1, -0.05) is 33.6 Å². The normalized spacial score (nSPS) is 18.0. The van der Waals surface area contributed by atoms with Gasteiger partial charge in [-0.3, -0.25) is 4.79 Å². The highest BCUT2D eigenvalue weighted by molar-refractivity contribution is 9.10. The molecular weight excluding hydrogens is 420 g/mol. The molecule has 7 heteroatoms. The molecule has 1 unspecified atom stereocenters. The summed E-state index contributed by atoms with van der Waals surface area (Å²) in [6.07, 6.45) is 0.685. The minimum absolute atomic E-state index is 0.0705. The van der Waals surface area contributed by atoms with Crippen molar-refractivity contribution in [2.45, 2.75) is 52.2 Å². The number of piperazine rings is 1. The molecule has 1 saturated heterocycles. The van der Waals surface area contributed by atoms with E-state index < -0.39 is 5.60 Å². The van der Waals surface area contributed by atoms with Gasteiger partial charge in [-0.2, -0.15) is 0 Å². The Balaban J connectivity index is 1.87. The van der Waals surface area contributed by atoms with Crippen molar-refractivity contribution in [1.82, 2.24) is 9.80 Å². The lowest BCUT2D eigenvalue weighted by molar-refractivity contribution is -0.134. The molecule has 0 aromatic heterocycles. The summed E-state index contributed by atoms with van der Waals surface area (Å²) in [4.78, 5) is 28.3. The number of hydrogen-bond donors (Lipinski definition) is 0. The number of carbonyl (C=O) groups is 2. The molecule has 1 aliphatic heterocycles. The Morgan fingerprint density at radius 3 is 2.58 bits per heavy atom. The number of ether oxygens (including phenoxy) is 1. The molecule has 1 heterocycles. The maximum absolute atomic E-state index is 12.5. The van der Waals surface area contributed by atoms with Gasteiger partial charge in [-0.25, -0.2) is 4.79 Å². The smallest absolute Gasteiger partial charge is 0.410 e. The van der Waals surface area contributed by atoms with Crippen LogP contribution < -0.4 is 0 Å². The zero-order valence-electron chi connectivity index (χ0n) is 15.7. The fraction of sp³-hybridized carbons (Fsp3) is 0.579. The third-order valence-corrected chi connectivity index (χ3v) is 5.08. The average Bonchev–Trinajstić information content (AvgIpc) is 2.51. The summed E-state index contributed by atoms with van der Waals surface area (Å²) >= 11 is 9.59. The molecular formula is C19H26BrClN2O3. The van der Waals surface area contributed by atoms with Crippen LogP contribution in [-0.4, -0.2) is 53.1 Å². The van der Waals surface area contributed by atoms with Gasteiger partial charge in [0.05, 0.1) is 0 Å². The van der Waals surface area contributed by atoms with Crippen molar-refractivity contribution in [1.29, 1.82) is 0 Å². The molecule has 0 aliphatic carbocycles. The van der Waals surface area contributed by atoms with Crippen LogP contribution in [0.5, 0.6) is 0 Å². The van der Waals surface area contributed by atoms with Gasteiger partial charge in [0, 0.05) is 41.6 Å². The van der Waals surface area contributed by atoms with Crippen LogP contribution in [0.1, 0.15) is 39.7 Å². The van der Waals surface area contributed by atoms with Crippen LogP contribution in [0.4, 0.5) is 4.79 Å². The molecule has 144 valence electrons. The van der Waals surface area contributed by atoms with Gasteiger partial charge >= 0.3 is 6.09 Å². The van der Waals surface area contributed by atoms with E-state index in [9.17, 15) is 9.59 Å². The molecule has 2 rings (SSSR count). The highest BCUT2D eigenvalue weighted by Crippen LogP contribution is 2.23. The molecule has 26 heavy (non-hydrogen) atoms. The molecule has 1 fully saturated rings. The summed E-state index contributed by atoms with van der Waals surface area (Å²) < 4.78 is 6.36. The van der Waals surface area contributed by atoms with E-state index >= 15 is 0 Å². The number of carbonyl (C=O) groups excluding carboxylic acids is 2. The van der Waals surface area contributed by atoms with E-state index in [4.69, 9.17) is 16.3 Å². The first-order valence-corrected chi connectivity index (χ1v) is 9.95. The summed E-state index contributed by atoms with van der Waals surface area (Å²) in [7, 11) is 0. The molecule has 1 aromatic carbocycles. The van der Waals surface area contributed by atoms with Gasteiger partial charge in [0.1, 0.15) is 5.60 Å². The van der Waals surface area contributed by atoms with E-state index in [2.05, 4.69) is 15.9 Å². The summed E-state index contributed by atoms with van der Waals surface area (Å²) in [6, 6.07) is 5.62. The molecule has 1 atom stereocenters. The first kappa shape index (κ1) is 21.0. The van der Waals surface area contributed by atoms with Crippen LogP contribution in [0.2, 0.25) is 5.02 Å². The van der Waals surface area contributed by atoms with Gasteiger partial charge in [-0.05, 0) is 51.8 Å². The number of benzene rings is 1. The third kappa shape index (κ3) is 5.88. The molecule has 5 nitrogen and oxygen atoms in total. The molecule has 1 aromatic rings. The zero-order chi connectivity index (χ0) is 19.5. The van der Waals surface area contributed by atoms with Gasteiger partial charge in [-0.15, -0.1) is 0 Å². The lowest BCUT2D eigenvalue weighted by Gasteiger charge is -2.40. The molecule has 2 amide bonds. The van der Waals surface area contributed by atoms with Gasteiger partial charge in [0.25, 0.3) is 0 Å². The number of nitrogens with zero attached hydrogens (tertiary/aromatic N) is 2. The molecule has 1 aliphatic rings. The minimum Gasteiger partial charge on any atom is -0.444 e. The Kier molecular flexibility index (Phi) is 6.97. The standard InChI is InChI=1S/C19H26BrClN2O3/c1-13-12-22(9-10-23(13)18(25)26-19(2,3)4)17(24)8-6-14-5-7-15(20)11-16(14)21/h5,7,11,13H,6,8-10,12H2,1-4H3. The summed E-state index contributed by atoms with van der Waals surface area (Å²) in [6.45, 7) is 9.02. The van der Waals surface area contributed by atoms with Crippen LogP contribution in [0, 0.1) is 0 Å². The topological polar surface area (TPSA) is 49.9 Å².